The van der Waals surface area contributed by atoms with Gasteiger partial charge in [0.25, 0.3) is 0 Å². The average Bonchev–Trinajstić information content (AvgIpc) is 2.46. The highest BCUT2D eigenvalue weighted by atomic mass is 16.5. The van der Waals surface area contributed by atoms with Crippen LogP contribution in [-0.4, -0.2) is 31.2 Å². The molecule has 0 aliphatic rings. The molecule has 0 bridgehead atoms. The van der Waals surface area contributed by atoms with Crippen molar-refractivity contribution in [2.45, 2.75) is 20.5 Å². The van der Waals surface area contributed by atoms with Gasteiger partial charge in [-0.3, -0.25) is 0 Å². The maximum atomic E-state index is 5.52. The number of aromatic nitrogens is 2. The van der Waals surface area contributed by atoms with E-state index < -0.39 is 0 Å². The fourth-order valence-electron chi connectivity index (χ4n) is 2.36. The molecule has 5 nitrogen and oxygen atoms in total. The topological polar surface area (TPSA) is 56.3 Å². The Kier molecular flexibility index (Phi) is 4.75. The van der Waals surface area contributed by atoms with E-state index in [9.17, 15) is 0 Å². The van der Waals surface area contributed by atoms with E-state index in [0.717, 1.165) is 34.0 Å². The molecule has 0 fully saturated rings. The largest absolute Gasteiger partial charge is 0.496 e. The Hall–Kier alpha value is -2.14. The molecule has 2 aromatic rings. The van der Waals surface area contributed by atoms with Gasteiger partial charge < -0.3 is 14.8 Å². The van der Waals surface area contributed by atoms with Crippen LogP contribution in [0.3, 0.4) is 0 Å². The third-order valence-electron chi connectivity index (χ3n) is 3.22. The highest BCUT2D eigenvalue weighted by Crippen LogP contribution is 2.34. The van der Waals surface area contributed by atoms with E-state index in [1.807, 2.05) is 19.2 Å². The SMILES string of the molecule is CNc1cc(-c2c(C)cc(C)cc2OC)nc(COC)n1. The summed E-state index contributed by atoms with van der Waals surface area (Å²) >= 11 is 0. The monoisotopic (exact) mass is 287 g/mol. The zero-order valence-corrected chi connectivity index (χ0v) is 13.2. The minimum Gasteiger partial charge on any atom is -0.496 e. The number of nitrogens with one attached hydrogen (secondary N) is 1. The highest BCUT2D eigenvalue weighted by molar-refractivity contribution is 5.73. The van der Waals surface area contributed by atoms with Crippen molar-refractivity contribution < 1.29 is 9.47 Å². The van der Waals surface area contributed by atoms with E-state index in [4.69, 9.17) is 9.47 Å². The molecule has 1 N–H and O–H groups in total. The van der Waals surface area contributed by atoms with Crippen molar-refractivity contribution in [3.63, 3.8) is 0 Å². The van der Waals surface area contributed by atoms with Crippen LogP contribution in [0.15, 0.2) is 18.2 Å². The molecule has 2 rings (SSSR count). The number of ether oxygens (including phenoxy) is 2. The maximum absolute atomic E-state index is 5.52. The van der Waals surface area contributed by atoms with Gasteiger partial charge in [-0.05, 0) is 31.0 Å². The van der Waals surface area contributed by atoms with E-state index in [-0.39, 0.29) is 0 Å². The number of methoxy groups -OCH3 is 2. The maximum Gasteiger partial charge on any atom is 0.157 e. The van der Waals surface area contributed by atoms with Gasteiger partial charge in [-0.25, -0.2) is 9.97 Å². The second-order valence-electron chi connectivity index (χ2n) is 4.90. The third-order valence-corrected chi connectivity index (χ3v) is 3.22. The summed E-state index contributed by atoms with van der Waals surface area (Å²) in [7, 11) is 5.14. The number of benzene rings is 1. The van der Waals surface area contributed by atoms with Crippen LogP contribution in [-0.2, 0) is 11.3 Å². The van der Waals surface area contributed by atoms with Crippen LogP contribution in [0.4, 0.5) is 5.82 Å². The van der Waals surface area contributed by atoms with Gasteiger partial charge in [0.2, 0.25) is 0 Å². The Morgan fingerprint density at radius 1 is 1.10 bits per heavy atom. The highest BCUT2D eigenvalue weighted by Gasteiger charge is 2.14. The van der Waals surface area contributed by atoms with E-state index in [1.165, 1.54) is 0 Å². The summed E-state index contributed by atoms with van der Waals surface area (Å²) < 4.78 is 10.7. The summed E-state index contributed by atoms with van der Waals surface area (Å²) in [5.41, 5.74) is 4.10. The molecular weight excluding hydrogens is 266 g/mol. The molecule has 1 heterocycles. The quantitative estimate of drug-likeness (QED) is 0.916. The van der Waals surface area contributed by atoms with Crippen LogP contribution in [0.2, 0.25) is 0 Å². The number of rotatable bonds is 5. The smallest absolute Gasteiger partial charge is 0.157 e. The minimum atomic E-state index is 0.371. The fraction of sp³-hybridized carbons (Fsp3) is 0.375. The molecule has 0 atom stereocenters. The van der Waals surface area contributed by atoms with Crippen molar-refractivity contribution in [2.75, 3.05) is 26.6 Å². The number of anilines is 1. The standard InChI is InChI=1S/C16H21N3O2/c1-10-6-11(2)16(13(7-10)21-5)12-8-14(17-3)19-15(18-12)9-20-4/h6-8H,9H2,1-5H3,(H,17,18,19). The van der Waals surface area contributed by atoms with E-state index in [1.54, 1.807) is 14.2 Å². The van der Waals surface area contributed by atoms with Crippen LogP contribution in [0.25, 0.3) is 11.3 Å². The van der Waals surface area contributed by atoms with Crippen LogP contribution in [0.1, 0.15) is 17.0 Å². The molecule has 112 valence electrons. The van der Waals surface area contributed by atoms with E-state index in [2.05, 4.69) is 35.2 Å². The van der Waals surface area contributed by atoms with Crippen molar-refractivity contribution in [3.05, 3.63) is 35.2 Å². The van der Waals surface area contributed by atoms with Crippen LogP contribution >= 0.6 is 0 Å². The Morgan fingerprint density at radius 2 is 1.86 bits per heavy atom. The second kappa shape index (κ2) is 6.54. The molecular formula is C16H21N3O2. The number of aryl methyl sites for hydroxylation is 2. The molecule has 0 aliphatic heterocycles. The lowest BCUT2D eigenvalue weighted by molar-refractivity contribution is 0.178. The van der Waals surface area contributed by atoms with Gasteiger partial charge >= 0.3 is 0 Å². The van der Waals surface area contributed by atoms with Crippen LogP contribution in [0, 0.1) is 13.8 Å². The molecule has 0 unspecified atom stereocenters. The van der Waals surface area contributed by atoms with Crippen LogP contribution in [0.5, 0.6) is 5.75 Å². The summed E-state index contributed by atoms with van der Waals surface area (Å²) in [6, 6.07) is 6.05. The first-order valence-electron chi connectivity index (χ1n) is 6.79. The summed E-state index contributed by atoms with van der Waals surface area (Å²) in [4.78, 5) is 8.97. The van der Waals surface area contributed by atoms with Crippen molar-refractivity contribution >= 4 is 5.82 Å². The second-order valence-corrected chi connectivity index (χ2v) is 4.90. The first-order chi connectivity index (χ1) is 10.1. The van der Waals surface area contributed by atoms with E-state index in [0.29, 0.717) is 12.4 Å². The molecule has 5 heteroatoms. The summed E-state index contributed by atoms with van der Waals surface area (Å²) in [6.07, 6.45) is 0. The van der Waals surface area contributed by atoms with Gasteiger partial charge in [0.1, 0.15) is 18.2 Å². The number of hydrogen-bond acceptors (Lipinski definition) is 5. The summed E-state index contributed by atoms with van der Waals surface area (Å²) in [5.74, 6) is 2.21. The van der Waals surface area contributed by atoms with Crippen molar-refractivity contribution in [2.24, 2.45) is 0 Å². The van der Waals surface area contributed by atoms with Gasteiger partial charge in [-0.15, -0.1) is 0 Å². The Morgan fingerprint density at radius 3 is 2.48 bits per heavy atom. The lowest BCUT2D eigenvalue weighted by atomic mass is 10.0. The van der Waals surface area contributed by atoms with Gasteiger partial charge in [0.15, 0.2) is 5.82 Å². The molecule has 0 saturated heterocycles. The Labute approximate surface area is 125 Å². The number of nitrogens with zero attached hydrogens (tertiary/aromatic N) is 2. The van der Waals surface area contributed by atoms with Crippen molar-refractivity contribution in [1.29, 1.82) is 0 Å². The zero-order chi connectivity index (χ0) is 15.4. The van der Waals surface area contributed by atoms with Gasteiger partial charge in [-0.1, -0.05) is 6.07 Å². The number of hydrogen-bond donors (Lipinski definition) is 1. The zero-order valence-electron chi connectivity index (χ0n) is 13.2. The first-order valence-corrected chi connectivity index (χ1v) is 6.79. The molecule has 0 amide bonds. The molecule has 1 aromatic heterocycles. The summed E-state index contributed by atoms with van der Waals surface area (Å²) in [6.45, 7) is 4.48. The predicted octanol–water partition coefficient (Wildman–Crippen LogP) is 2.96. The average molecular weight is 287 g/mol. The van der Waals surface area contributed by atoms with Gasteiger partial charge in [0, 0.05) is 25.8 Å². The molecule has 0 spiro atoms. The van der Waals surface area contributed by atoms with Gasteiger partial charge in [0.05, 0.1) is 12.8 Å². The summed E-state index contributed by atoms with van der Waals surface area (Å²) in [5, 5.41) is 3.06. The van der Waals surface area contributed by atoms with Gasteiger partial charge in [-0.2, -0.15) is 0 Å². The molecule has 0 aliphatic carbocycles. The fourth-order valence-corrected chi connectivity index (χ4v) is 2.36. The van der Waals surface area contributed by atoms with Crippen molar-refractivity contribution in [3.8, 4) is 17.0 Å². The Balaban J connectivity index is 2.63. The molecule has 21 heavy (non-hydrogen) atoms. The minimum absolute atomic E-state index is 0.371. The van der Waals surface area contributed by atoms with Crippen LogP contribution < -0.4 is 10.1 Å². The van der Waals surface area contributed by atoms with Crippen molar-refractivity contribution in [1.82, 2.24) is 9.97 Å². The lowest BCUT2D eigenvalue weighted by Gasteiger charge is -2.14. The molecule has 0 saturated carbocycles. The van der Waals surface area contributed by atoms with E-state index >= 15 is 0 Å². The lowest BCUT2D eigenvalue weighted by Crippen LogP contribution is -2.04. The predicted molar refractivity (Wildman–Crippen MR) is 83.8 cm³/mol. The first kappa shape index (κ1) is 15.3. The normalized spacial score (nSPS) is 10.5. The molecule has 1 aromatic carbocycles. The third kappa shape index (κ3) is 3.31. The molecule has 0 radical (unpaired) electrons. The Bertz CT molecular complexity index is 642.